The van der Waals surface area contributed by atoms with Crippen LogP contribution in [0.4, 0.5) is 10.5 Å². The Balaban J connectivity index is 2.00. The van der Waals surface area contributed by atoms with Gasteiger partial charge in [0.15, 0.2) is 11.5 Å². The number of urea groups is 1. The second-order valence-corrected chi connectivity index (χ2v) is 6.93. The van der Waals surface area contributed by atoms with Crippen LogP contribution in [0, 0.1) is 0 Å². The van der Waals surface area contributed by atoms with Crippen LogP contribution < -0.4 is 24.4 Å². The number of amides is 4. The second kappa shape index (κ2) is 10.0. The summed E-state index contributed by atoms with van der Waals surface area (Å²) in [6, 6.07) is 8.57. The highest BCUT2D eigenvalue weighted by atomic mass is 35.5. The summed E-state index contributed by atoms with van der Waals surface area (Å²) in [5, 5.41) is 2.41. The average Bonchev–Trinajstić information content (AvgIpc) is 2.76. The van der Waals surface area contributed by atoms with Crippen LogP contribution in [0.1, 0.15) is 12.5 Å². The summed E-state index contributed by atoms with van der Waals surface area (Å²) in [4.78, 5) is 38.7. The Labute approximate surface area is 190 Å². The number of benzene rings is 2. The third kappa shape index (κ3) is 4.76. The van der Waals surface area contributed by atoms with E-state index in [1.54, 1.807) is 43.3 Å². The molecule has 1 N–H and O–H groups in total. The van der Waals surface area contributed by atoms with Crippen molar-refractivity contribution in [3.63, 3.8) is 0 Å². The van der Waals surface area contributed by atoms with Crippen molar-refractivity contribution in [3.8, 4) is 17.2 Å². The predicted molar refractivity (Wildman–Crippen MR) is 120 cm³/mol. The number of rotatable bonds is 8. The van der Waals surface area contributed by atoms with Gasteiger partial charge in [-0.1, -0.05) is 24.3 Å². The topological polar surface area (TPSA) is 94.2 Å². The van der Waals surface area contributed by atoms with E-state index in [1.165, 1.54) is 19.3 Å². The van der Waals surface area contributed by atoms with Gasteiger partial charge in [-0.3, -0.25) is 14.9 Å². The van der Waals surface area contributed by atoms with Gasteiger partial charge in [0, 0.05) is 0 Å². The Morgan fingerprint density at radius 3 is 2.47 bits per heavy atom. The van der Waals surface area contributed by atoms with Crippen LogP contribution in [-0.4, -0.2) is 38.2 Å². The Bertz CT molecular complexity index is 1090. The van der Waals surface area contributed by atoms with Crippen molar-refractivity contribution in [1.82, 2.24) is 5.32 Å². The van der Waals surface area contributed by atoms with Crippen molar-refractivity contribution in [2.75, 3.05) is 25.2 Å². The van der Waals surface area contributed by atoms with E-state index in [-0.39, 0.29) is 22.9 Å². The molecule has 1 aliphatic heterocycles. The Hall–Kier alpha value is -3.78. The van der Waals surface area contributed by atoms with Gasteiger partial charge in [0.05, 0.1) is 24.4 Å². The molecule has 1 fully saturated rings. The maximum absolute atomic E-state index is 13.1. The predicted octanol–water partition coefficient (Wildman–Crippen LogP) is 3.98. The number of anilines is 1. The standard InChI is InChI=1S/C23H21ClN2O6/c1-4-10-32-20-18(24)12-14(13-19(20)31-5-2)11-17-21(27)25-23(29)26(22(17)28)15-6-8-16(30-3)9-7-15/h4,6-9,11-13H,1,5,10H2,2-3H3,(H,25,27,29)/b17-11+. The Morgan fingerprint density at radius 1 is 1.12 bits per heavy atom. The van der Waals surface area contributed by atoms with Crippen LogP contribution in [-0.2, 0) is 9.59 Å². The van der Waals surface area contributed by atoms with Gasteiger partial charge in [-0.15, -0.1) is 0 Å². The zero-order valence-corrected chi connectivity index (χ0v) is 18.3. The normalized spacial score (nSPS) is 14.9. The minimum atomic E-state index is -0.844. The number of nitrogens with zero attached hydrogens (tertiary/aromatic N) is 1. The van der Waals surface area contributed by atoms with Gasteiger partial charge in [-0.25, -0.2) is 9.69 Å². The SMILES string of the molecule is C=CCOc1c(Cl)cc(/C=C2\C(=O)NC(=O)N(c3ccc(OC)cc3)C2=O)cc1OCC. The van der Waals surface area contributed by atoms with Crippen LogP contribution >= 0.6 is 11.6 Å². The lowest BCUT2D eigenvalue weighted by molar-refractivity contribution is -0.122. The second-order valence-electron chi connectivity index (χ2n) is 6.52. The first-order chi connectivity index (χ1) is 15.4. The number of methoxy groups -OCH3 is 1. The number of nitrogens with one attached hydrogen (secondary N) is 1. The molecule has 0 aliphatic carbocycles. The number of ether oxygens (including phenoxy) is 3. The van der Waals surface area contributed by atoms with Crippen LogP contribution in [0.5, 0.6) is 17.2 Å². The fourth-order valence-electron chi connectivity index (χ4n) is 3.01. The molecular weight excluding hydrogens is 436 g/mol. The summed E-state index contributed by atoms with van der Waals surface area (Å²) in [7, 11) is 1.50. The van der Waals surface area contributed by atoms with E-state index in [0.29, 0.717) is 29.4 Å². The van der Waals surface area contributed by atoms with E-state index in [1.807, 2.05) is 0 Å². The lowest BCUT2D eigenvalue weighted by Crippen LogP contribution is -2.54. The lowest BCUT2D eigenvalue weighted by Gasteiger charge is -2.26. The van der Waals surface area contributed by atoms with Gasteiger partial charge < -0.3 is 14.2 Å². The van der Waals surface area contributed by atoms with Gasteiger partial charge in [-0.2, -0.15) is 0 Å². The van der Waals surface area contributed by atoms with Crippen molar-refractivity contribution in [3.05, 3.63) is 65.2 Å². The molecule has 0 saturated carbocycles. The third-order valence-electron chi connectivity index (χ3n) is 4.42. The number of hydrogen-bond donors (Lipinski definition) is 1. The molecule has 0 atom stereocenters. The van der Waals surface area contributed by atoms with Gasteiger partial charge in [0.2, 0.25) is 0 Å². The molecule has 8 nitrogen and oxygen atoms in total. The molecule has 0 aromatic heterocycles. The largest absolute Gasteiger partial charge is 0.497 e. The number of hydrogen-bond acceptors (Lipinski definition) is 6. The number of halogens is 1. The molecule has 2 aromatic carbocycles. The molecule has 4 amide bonds. The number of carbonyl (C=O) groups excluding carboxylic acids is 3. The summed E-state index contributed by atoms with van der Waals surface area (Å²) in [5.41, 5.74) is 0.471. The summed E-state index contributed by atoms with van der Waals surface area (Å²) in [6.07, 6.45) is 2.91. The molecule has 1 saturated heterocycles. The molecule has 0 spiro atoms. The first kappa shape index (κ1) is 22.9. The van der Waals surface area contributed by atoms with E-state index in [0.717, 1.165) is 4.90 Å². The summed E-state index contributed by atoms with van der Waals surface area (Å²) in [5.74, 6) is -0.358. The molecule has 0 bridgehead atoms. The fraction of sp³-hybridized carbons (Fsp3) is 0.174. The maximum Gasteiger partial charge on any atom is 0.335 e. The molecule has 32 heavy (non-hydrogen) atoms. The monoisotopic (exact) mass is 456 g/mol. The van der Waals surface area contributed by atoms with Crippen LogP contribution in [0.25, 0.3) is 6.08 Å². The lowest BCUT2D eigenvalue weighted by atomic mass is 10.1. The molecule has 2 aromatic rings. The summed E-state index contributed by atoms with van der Waals surface area (Å²) < 4.78 is 16.2. The maximum atomic E-state index is 13.1. The van der Waals surface area contributed by atoms with Crippen LogP contribution in [0.15, 0.2) is 54.6 Å². The summed E-state index contributed by atoms with van der Waals surface area (Å²) in [6.45, 7) is 5.97. The highest BCUT2D eigenvalue weighted by Gasteiger charge is 2.36. The molecule has 166 valence electrons. The van der Waals surface area contributed by atoms with Crippen molar-refractivity contribution in [1.29, 1.82) is 0 Å². The van der Waals surface area contributed by atoms with Gasteiger partial charge in [0.25, 0.3) is 11.8 Å². The fourth-order valence-corrected chi connectivity index (χ4v) is 3.28. The molecule has 9 heteroatoms. The van der Waals surface area contributed by atoms with Gasteiger partial charge in [0.1, 0.15) is 17.9 Å². The van der Waals surface area contributed by atoms with Crippen molar-refractivity contribution in [2.45, 2.75) is 6.92 Å². The number of imide groups is 2. The van der Waals surface area contributed by atoms with E-state index < -0.39 is 17.8 Å². The van der Waals surface area contributed by atoms with E-state index in [4.69, 9.17) is 25.8 Å². The number of barbiturate groups is 1. The molecule has 1 heterocycles. The Morgan fingerprint density at radius 2 is 1.84 bits per heavy atom. The van der Waals surface area contributed by atoms with Crippen molar-refractivity contribution in [2.24, 2.45) is 0 Å². The van der Waals surface area contributed by atoms with Crippen LogP contribution in [0.2, 0.25) is 5.02 Å². The van der Waals surface area contributed by atoms with E-state index >= 15 is 0 Å². The highest BCUT2D eigenvalue weighted by Crippen LogP contribution is 2.37. The van der Waals surface area contributed by atoms with Crippen molar-refractivity contribution >= 4 is 41.2 Å². The van der Waals surface area contributed by atoms with Gasteiger partial charge in [-0.05, 0) is 55.0 Å². The minimum absolute atomic E-state index is 0.222. The smallest absolute Gasteiger partial charge is 0.335 e. The number of carbonyl (C=O) groups is 3. The van der Waals surface area contributed by atoms with E-state index in [9.17, 15) is 14.4 Å². The van der Waals surface area contributed by atoms with Crippen LogP contribution in [0.3, 0.4) is 0 Å². The van der Waals surface area contributed by atoms with E-state index in [2.05, 4.69) is 11.9 Å². The molecule has 0 unspecified atom stereocenters. The molecule has 0 radical (unpaired) electrons. The summed E-state index contributed by atoms with van der Waals surface area (Å²) >= 11 is 6.34. The molecule has 3 rings (SSSR count). The first-order valence-corrected chi connectivity index (χ1v) is 10.0. The van der Waals surface area contributed by atoms with Gasteiger partial charge >= 0.3 is 6.03 Å². The first-order valence-electron chi connectivity index (χ1n) is 9.65. The minimum Gasteiger partial charge on any atom is -0.497 e. The Kier molecular flexibility index (Phi) is 7.17. The molecule has 1 aliphatic rings. The quantitative estimate of drug-likeness (QED) is 0.367. The highest BCUT2D eigenvalue weighted by molar-refractivity contribution is 6.39. The zero-order chi connectivity index (χ0) is 23.3. The third-order valence-corrected chi connectivity index (χ3v) is 4.70. The molecular formula is C23H21ClN2O6. The zero-order valence-electron chi connectivity index (χ0n) is 17.5. The van der Waals surface area contributed by atoms with Crippen molar-refractivity contribution < 1.29 is 28.6 Å². The average molecular weight is 457 g/mol.